The lowest BCUT2D eigenvalue weighted by molar-refractivity contribution is 0.0698. The standard InChI is InChI=1S/C12H14ClNO3/c1-7-9(5-6-17-7)14-10-4-2-3-8(13)11(10)12(15)16/h2-4,7,9,14H,5-6H2,1H3,(H,15,16). The van der Waals surface area contributed by atoms with Crippen molar-refractivity contribution in [1.82, 2.24) is 0 Å². The van der Waals surface area contributed by atoms with Gasteiger partial charge >= 0.3 is 5.97 Å². The topological polar surface area (TPSA) is 58.6 Å². The number of carboxylic acids is 1. The maximum atomic E-state index is 11.1. The summed E-state index contributed by atoms with van der Waals surface area (Å²) in [6.07, 6.45) is 0.947. The van der Waals surface area contributed by atoms with Gasteiger partial charge in [-0.3, -0.25) is 0 Å². The number of anilines is 1. The van der Waals surface area contributed by atoms with Gasteiger partial charge in [0.2, 0.25) is 0 Å². The van der Waals surface area contributed by atoms with Gasteiger partial charge in [-0.15, -0.1) is 0 Å². The van der Waals surface area contributed by atoms with E-state index in [2.05, 4.69) is 5.32 Å². The van der Waals surface area contributed by atoms with Gasteiger partial charge in [0.25, 0.3) is 0 Å². The Morgan fingerprint density at radius 1 is 1.59 bits per heavy atom. The van der Waals surface area contributed by atoms with E-state index in [0.717, 1.165) is 6.42 Å². The molecule has 1 saturated heterocycles. The molecule has 0 aliphatic carbocycles. The molecule has 1 aromatic carbocycles. The number of halogens is 1. The van der Waals surface area contributed by atoms with Crippen LogP contribution in [0.3, 0.4) is 0 Å². The van der Waals surface area contributed by atoms with Crippen LogP contribution in [-0.4, -0.2) is 29.8 Å². The number of aromatic carboxylic acids is 1. The van der Waals surface area contributed by atoms with E-state index in [-0.39, 0.29) is 22.7 Å². The zero-order valence-corrected chi connectivity index (χ0v) is 10.2. The monoisotopic (exact) mass is 255 g/mol. The van der Waals surface area contributed by atoms with Gasteiger partial charge in [0.05, 0.1) is 22.9 Å². The minimum atomic E-state index is -1.02. The van der Waals surface area contributed by atoms with E-state index >= 15 is 0 Å². The fourth-order valence-corrected chi connectivity index (χ4v) is 2.24. The smallest absolute Gasteiger partial charge is 0.339 e. The van der Waals surface area contributed by atoms with Crippen molar-refractivity contribution in [3.05, 3.63) is 28.8 Å². The molecule has 2 atom stereocenters. The van der Waals surface area contributed by atoms with Crippen LogP contribution in [0.5, 0.6) is 0 Å². The van der Waals surface area contributed by atoms with Crippen LogP contribution >= 0.6 is 11.6 Å². The quantitative estimate of drug-likeness (QED) is 0.872. The molecule has 2 rings (SSSR count). The van der Waals surface area contributed by atoms with E-state index in [9.17, 15) is 4.79 Å². The summed E-state index contributed by atoms with van der Waals surface area (Å²) in [4.78, 5) is 11.1. The second kappa shape index (κ2) is 4.94. The van der Waals surface area contributed by atoms with Gasteiger partial charge < -0.3 is 15.2 Å². The highest BCUT2D eigenvalue weighted by molar-refractivity contribution is 6.34. The highest BCUT2D eigenvalue weighted by Crippen LogP contribution is 2.27. The molecule has 1 heterocycles. The van der Waals surface area contributed by atoms with Crippen LogP contribution in [0.2, 0.25) is 5.02 Å². The Balaban J connectivity index is 2.26. The Hall–Kier alpha value is -1.26. The molecular weight excluding hydrogens is 242 g/mol. The van der Waals surface area contributed by atoms with Gasteiger partial charge in [0, 0.05) is 6.61 Å². The zero-order valence-electron chi connectivity index (χ0n) is 9.44. The van der Waals surface area contributed by atoms with E-state index < -0.39 is 5.97 Å². The highest BCUT2D eigenvalue weighted by atomic mass is 35.5. The summed E-state index contributed by atoms with van der Waals surface area (Å²) < 4.78 is 5.43. The molecule has 2 N–H and O–H groups in total. The molecule has 0 spiro atoms. The van der Waals surface area contributed by atoms with Crippen LogP contribution in [-0.2, 0) is 4.74 Å². The highest BCUT2D eigenvalue weighted by Gasteiger charge is 2.25. The van der Waals surface area contributed by atoms with Gasteiger partial charge in [0.15, 0.2) is 0 Å². The molecule has 1 aromatic rings. The molecule has 0 aromatic heterocycles. The summed E-state index contributed by atoms with van der Waals surface area (Å²) in [5.74, 6) is -1.02. The van der Waals surface area contributed by atoms with E-state index in [1.807, 2.05) is 6.92 Å². The van der Waals surface area contributed by atoms with Gasteiger partial charge in [0.1, 0.15) is 5.56 Å². The van der Waals surface area contributed by atoms with Gasteiger partial charge in [-0.1, -0.05) is 17.7 Å². The average molecular weight is 256 g/mol. The van der Waals surface area contributed by atoms with Gasteiger partial charge in [-0.25, -0.2) is 4.79 Å². The Bertz CT molecular complexity index is 436. The molecule has 17 heavy (non-hydrogen) atoms. The molecule has 1 aliphatic rings. The number of carbonyl (C=O) groups is 1. The minimum Gasteiger partial charge on any atom is -0.478 e. The predicted molar refractivity (Wildman–Crippen MR) is 65.9 cm³/mol. The first kappa shape index (κ1) is 12.2. The Morgan fingerprint density at radius 2 is 2.35 bits per heavy atom. The Kier molecular flexibility index (Phi) is 3.54. The lowest BCUT2D eigenvalue weighted by Crippen LogP contribution is -2.27. The maximum Gasteiger partial charge on any atom is 0.339 e. The van der Waals surface area contributed by atoms with Crippen LogP contribution in [0.15, 0.2) is 18.2 Å². The maximum absolute atomic E-state index is 11.1. The van der Waals surface area contributed by atoms with Crippen molar-refractivity contribution in [3.8, 4) is 0 Å². The van der Waals surface area contributed by atoms with Gasteiger partial charge in [-0.2, -0.15) is 0 Å². The number of rotatable bonds is 3. The largest absolute Gasteiger partial charge is 0.478 e. The Labute approximate surface area is 105 Å². The molecule has 4 nitrogen and oxygen atoms in total. The normalized spacial score (nSPS) is 23.6. The number of nitrogens with one attached hydrogen (secondary N) is 1. The third-order valence-corrected chi connectivity index (χ3v) is 3.26. The van der Waals surface area contributed by atoms with Crippen molar-refractivity contribution in [2.45, 2.75) is 25.5 Å². The fourth-order valence-electron chi connectivity index (χ4n) is 1.98. The number of benzene rings is 1. The van der Waals surface area contributed by atoms with Crippen molar-refractivity contribution in [1.29, 1.82) is 0 Å². The summed E-state index contributed by atoms with van der Waals surface area (Å²) in [5, 5.41) is 12.6. The first-order chi connectivity index (χ1) is 8.09. The van der Waals surface area contributed by atoms with Crippen LogP contribution in [0, 0.1) is 0 Å². The number of carboxylic acid groups (broad SMARTS) is 1. The number of ether oxygens (including phenoxy) is 1. The van der Waals surface area contributed by atoms with Gasteiger partial charge in [-0.05, 0) is 25.5 Å². The van der Waals surface area contributed by atoms with E-state index in [0.29, 0.717) is 12.3 Å². The molecule has 0 saturated carbocycles. The zero-order chi connectivity index (χ0) is 12.4. The molecule has 2 unspecified atom stereocenters. The fraction of sp³-hybridized carbons (Fsp3) is 0.417. The molecule has 5 heteroatoms. The van der Waals surface area contributed by atoms with Crippen LogP contribution in [0.1, 0.15) is 23.7 Å². The number of hydrogen-bond acceptors (Lipinski definition) is 3. The van der Waals surface area contributed by atoms with Crippen molar-refractivity contribution in [3.63, 3.8) is 0 Å². The summed E-state index contributed by atoms with van der Waals surface area (Å²) in [6.45, 7) is 2.66. The van der Waals surface area contributed by atoms with Crippen molar-refractivity contribution in [2.24, 2.45) is 0 Å². The first-order valence-corrected chi connectivity index (χ1v) is 5.87. The first-order valence-electron chi connectivity index (χ1n) is 5.49. The van der Waals surface area contributed by atoms with Crippen LogP contribution in [0.4, 0.5) is 5.69 Å². The molecule has 92 valence electrons. The summed E-state index contributed by atoms with van der Waals surface area (Å²) in [5.41, 5.74) is 0.667. The summed E-state index contributed by atoms with van der Waals surface area (Å²) >= 11 is 5.89. The molecule has 0 radical (unpaired) electrons. The molecule has 0 amide bonds. The SMILES string of the molecule is CC1OCCC1Nc1cccc(Cl)c1C(=O)O. The van der Waals surface area contributed by atoms with E-state index in [1.165, 1.54) is 0 Å². The lowest BCUT2D eigenvalue weighted by atomic mass is 10.1. The third kappa shape index (κ3) is 2.53. The van der Waals surface area contributed by atoms with Crippen molar-refractivity contribution >= 4 is 23.3 Å². The lowest BCUT2D eigenvalue weighted by Gasteiger charge is -2.19. The van der Waals surface area contributed by atoms with Crippen molar-refractivity contribution in [2.75, 3.05) is 11.9 Å². The second-order valence-corrected chi connectivity index (χ2v) is 4.49. The second-order valence-electron chi connectivity index (χ2n) is 4.08. The van der Waals surface area contributed by atoms with Crippen LogP contribution in [0.25, 0.3) is 0 Å². The average Bonchev–Trinajstić information content (AvgIpc) is 2.64. The molecule has 1 aliphatic heterocycles. The molecule has 1 fully saturated rings. The predicted octanol–water partition coefficient (Wildman–Crippen LogP) is 2.63. The van der Waals surface area contributed by atoms with E-state index in [4.69, 9.17) is 21.4 Å². The third-order valence-electron chi connectivity index (χ3n) is 2.94. The van der Waals surface area contributed by atoms with Crippen LogP contribution < -0.4 is 5.32 Å². The summed E-state index contributed by atoms with van der Waals surface area (Å²) in [6, 6.07) is 5.16. The number of hydrogen-bond donors (Lipinski definition) is 2. The minimum absolute atomic E-state index is 0.0793. The molecular formula is C12H14ClNO3. The summed E-state index contributed by atoms with van der Waals surface area (Å²) in [7, 11) is 0. The molecule has 0 bridgehead atoms. The van der Waals surface area contributed by atoms with Crippen molar-refractivity contribution < 1.29 is 14.6 Å². The Morgan fingerprint density at radius 3 is 2.94 bits per heavy atom. The van der Waals surface area contributed by atoms with E-state index in [1.54, 1.807) is 18.2 Å².